The lowest BCUT2D eigenvalue weighted by Crippen LogP contribution is -2.67. The number of hydrazine groups is 2. The Bertz CT molecular complexity index is 157. The van der Waals surface area contributed by atoms with Crippen molar-refractivity contribution < 1.29 is 0 Å². The largest absolute Gasteiger partial charge is 0.225 e. The lowest BCUT2D eigenvalue weighted by molar-refractivity contribution is 0.257. The SMILES string of the molecule is N#CC1NNC(C#N)NN1. The van der Waals surface area contributed by atoms with Crippen molar-refractivity contribution in [2.24, 2.45) is 0 Å². The molecular formula is C4H6N6. The number of hydrogen-bond donors (Lipinski definition) is 4. The fraction of sp³-hybridized carbons (Fsp3) is 0.500. The minimum absolute atomic E-state index is 0.496. The van der Waals surface area contributed by atoms with E-state index in [1.54, 1.807) is 0 Å². The first-order chi connectivity index (χ1) is 4.86. The second kappa shape index (κ2) is 3.11. The van der Waals surface area contributed by atoms with Crippen molar-refractivity contribution in [2.75, 3.05) is 0 Å². The van der Waals surface area contributed by atoms with E-state index in [-0.39, 0.29) is 0 Å². The molecule has 0 aromatic carbocycles. The summed E-state index contributed by atoms with van der Waals surface area (Å²) in [7, 11) is 0. The standard InChI is InChI=1S/C4H6N6/c5-1-3-7-9-4(2-6)10-8-3/h3-4,7-10H. The van der Waals surface area contributed by atoms with Gasteiger partial charge in [0, 0.05) is 0 Å². The molecule has 0 spiro atoms. The first-order valence-corrected chi connectivity index (χ1v) is 2.68. The smallest absolute Gasteiger partial charge is 0.172 e. The third-order valence-electron chi connectivity index (χ3n) is 1.00. The number of rotatable bonds is 0. The quantitative estimate of drug-likeness (QED) is 0.306. The second-order valence-corrected chi connectivity index (χ2v) is 1.70. The lowest BCUT2D eigenvalue weighted by Gasteiger charge is -2.24. The van der Waals surface area contributed by atoms with Gasteiger partial charge in [-0.2, -0.15) is 10.5 Å². The van der Waals surface area contributed by atoms with Crippen LogP contribution >= 0.6 is 0 Å². The lowest BCUT2D eigenvalue weighted by atomic mass is 10.5. The van der Waals surface area contributed by atoms with Gasteiger partial charge in [0.1, 0.15) is 12.1 Å². The van der Waals surface area contributed by atoms with Crippen LogP contribution in [-0.4, -0.2) is 12.3 Å². The van der Waals surface area contributed by atoms with Crippen LogP contribution in [0.4, 0.5) is 0 Å². The molecule has 0 aromatic heterocycles. The highest BCUT2D eigenvalue weighted by molar-refractivity contribution is 4.94. The van der Waals surface area contributed by atoms with Crippen molar-refractivity contribution in [3.05, 3.63) is 0 Å². The van der Waals surface area contributed by atoms with Gasteiger partial charge in [0.25, 0.3) is 0 Å². The van der Waals surface area contributed by atoms with Gasteiger partial charge in [0.05, 0.1) is 0 Å². The number of nitrogens with zero attached hydrogens (tertiary/aromatic N) is 2. The van der Waals surface area contributed by atoms with Gasteiger partial charge < -0.3 is 0 Å². The molecule has 1 aliphatic heterocycles. The summed E-state index contributed by atoms with van der Waals surface area (Å²) in [6, 6.07) is 3.78. The molecule has 4 N–H and O–H groups in total. The summed E-state index contributed by atoms with van der Waals surface area (Å²) in [6.45, 7) is 0. The molecule has 1 fully saturated rings. The van der Waals surface area contributed by atoms with Gasteiger partial charge in [-0.3, -0.25) is 0 Å². The molecule has 1 saturated heterocycles. The van der Waals surface area contributed by atoms with E-state index >= 15 is 0 Å². The van der Waals surface area contributed by atoms with Gasteiger partial charge in [0.15, 0.2) is 12.3 Å². The Morgan fingerprint density at radius 3 is 1.30 bits per heavy atom. The fourth-order valence-electron chi connectivity index (χ4n) is 0.535. The van der Waals surface area contributed by atoms with Crippen LogP contribution in [0.15, 0.2) is 0 Å². The zero-order valence-corrected chi connectivity index (χ0v) is 5.05. The average molecular weight is 138 g/mol. The molecular weight excluding hydrogens is 132 g/mol. The molecule has 1 heterocycles. The number of nitrogens with one attached hydrogen (secondary N) is 4. The molecule has 0 radical (unpaired) electrons. The monoisotopic (exact) mass is 138 g/mol. The van der Waals surface area contributed by atoms with Crippen molar-refractivity contribution in [1.29, 1.82) is 10.5 Å². The zero-order valence-electron chi connectivity index (χ0n) is 5.05. The van der Waals surface area contributed by atoms with Crippen LogP contribution in [0.2, 0.25) is 0 Å². The molecule has 0 saturated carbocycles. The number of nitriles is 2. The van der Waals surface area contributed by atoms with Crippen LogP contribution in [0, 0.1) is 22.7 Å². The Balaban J connectivity index is 2.34. The molecule has 0 aliphatic carbocycles. The van der Waals surface area contributed by atoms with E-state index in [0.717, 1.165) is 0 Å². The zero-order chi connectivity index (χ0) is 7.40. The molecule has 6 nitrogen and oxygen atoms in total. The average Bonchev–Trinajstić information content (AvgIpc) is 2.05. The van der Waals surface area contributed by atoms with Crippen molar-refractivity contribution in [3.63, 3.8) is 0 Å². The minimum atomic E-state index is -0.496. The van der Waals surface area contributed by atoms with E-state index in [4.69, 9.17) is 10.5 Å². The summed E-state index contributed by atoms with van der Waals surface area (Å²) in [6.07, 6.45) is -0.991. The van der Waals surface area contributed by atoms with Crippen molar-refractivity contribution in [2.45, 2.75) is 12.3 Å². The molecule has 0 amide bonds. The Kier molecular flexibility index (Phi) is 2.15. The summed E-state index contributed by atoms with van der Waals surface area (Å²) in [4.78, 5) is 0. The molecule has 1 aliphatic rings. The maximum absolute atomic E-state index is 8.31. The van der Waals surface area contributed by atoms with Crippen molar-refractivity contribution in [3.8, 4) is 12.1 Å². The van der Waals surface area contributed by atoms with Crippen LogP contribution in [0.1, 0.15) is 0 Å². The Labute approximate surface area is 57.8 Å². The summed E-state index contributed by atoms with van der Waals surface area (Å²) < 4.78 is 0. The second-order valence-electron chi connectivity index (χ2n) is 1.70. The van der Waals surface area contributed by atoms with Gasteiger partial charge in [-0.05, 0) is 0 Å². The Hall–Kier alpha value is -1.18. The molecule has 0 bridgehead atoms. The molecule has 52 valence electrons. The predicted molar refractivity (Wildman–Crippen MR) is 31.3 cm³/mol. The van der Waals surface area contributed by atoms with Gasteiger partial charge in [0.2, 0.25) is 0 Å². The predicted octanol–water partition coefficient (Wildman–Crippen LogP) is -2.11. The molecule has 0 unspecified atom stereocenters. The van der Waals surface area contributed by atoms with Crippen molar-refractivity contribution in [1.82, 2.24) is 21.7 Å². The molecule has 1 rings (SSSR count). The van der Waals surface area contributed by atoms with E-state index in [0.29, 0.717) is 0 Å². The van der Waals surface area contributed by atoms with Gasteiger partial charge in [-0.15, -0.1) is 0 Å². The summed E-state index contributed by atoms with van der Waals surface area (Å²) >= 11 is 0. The maximum atomic E-state index is 8.31. The Morgan fingerprint density at radius 2 is 1.10 bits per heavy atom. The summed E-state index contributed by atoms with van der Waals surface area (Å²) in [5, 5.41) is 16.6. The van der Waals surface area contributed by atoms with E-state index in [1.807, 2.05) is 12.1 Å². The highest BCUT2D eigenvalue weighted by Crippen LogP contribution is 1.78. The minimum Gasteiger partial charge on any atom is -0.225 e. The molecule has 6 heteroatoms. The van der Waals surface area contributed by atoms with E-state index in [1.165, 1.54) is 0 Å². The van der Waals surface area contributed by atoms with Gasteiger partial charge in [-0.1, -0.05) is 0 Å². The van der Waals surface area contributed by atoms with E-state index in [2.05, 4.69) is 21.7 Å². The van der Waals surface area contributed by atoms with Crippen LogP contribution < -0.4 is 21.7 Å². The van der Waals surface area contributed by atoms with Crippen LogP contribution in [0.25, 0.3) is 0 Å². The van der Waals surface area contributed by atoms with Gasteiger partial charge >= 0.3 is 0 Å². The molecule has 0 atom stereocenters. The summed E-state index contributed by atoms with van der Waals surface area (Å²) in [5.41, 5.74) is 10.3. The number of hydrogen-bond acceptors (Lipinski definition) is 6. The highest BCUT2D eigenvalue weighted by atomic mass is 15.6. The highest BCUT2D eigenvalue weighted by Gasteiger charge is 2.16. The maximum Gasteiger partial charge on any atom is 0.172 e. The first kappa shape index (κ1) is 6.93. The topological polar surface area (TPSA) is 95.7 Å². The van der Waals surface area contributed by atoms with Crippen LogP contribution in [-0.2, 0) is 0 Å². The first-order valence-electron chi connectivity index (χ1n) is 2.68. The third-order valence-corrected chi connectivity index (χ3v) is 1.00. The Morgan fingerprint density at radius 1 is 0.800 bits per heavy atom. The summed E-state index contributed by atoms with van der Waals surface area (Å²) in [5.74, 6) is 0. The van der Waals surface area contributed by atoms with Crippen LogP contribution in [0.5, 0.6) is 0 Å². The van der Waals surface area contributed by atoms with E-state index < -0.39 is 12.3 Å². The normalized spacial score (nSPS) is 32.2. The molecule has 10 heavy (non-hydrogen) atoms. The fourth-order valence-corrected chi connectivity index (χ4v) is 0.535. The van der Waals surface area contributed by atoms with E-state index in [9.17, 15) is 0 Å². The third kappa shape index (κ3) is 1.41. The van der Waals surface area contributed by atoms with Crippen LogP contribution in [0.3, 0.4) is 0 Å². The van der Waals surface area contributed by atoms with Gasteiger partial charge in [-0.25, -0.2) is 21.7 Å². The van der Waals surface area contributed by atoms with Crippen molar-refractivity contribution >= 4 is 0 Å². The molecule has 0 aromatic rings.